The molecule has 0 amide bonds. The molecule has 0 aliphatic carbocycles. The third-order valence-electron chi connectivity index (χ3n) is 6.15. The summed E-state index contributed by atoms with van der Waals surface area (Å²) in [7, 11) is 0. The molecular formula is C31H23N3. The lowest BCUT2D eigenvalue weighted by Crippen LogP contribution is -2.36. The lowest BCUT2D eigenvalue weighted by atomic mass is 9.95. The molecule has 5 aromatic rings. The Morgan fingerprint density at radius 2 is 0.971 bits per heavy atom. The van der Waals surface area contributed by atoms with E-state index in [1.807, 2.05) is 36.4 Å². The number of aliphatic imine (C=N–C) groups is 2. The van der Waals surface area contributed by atoms with Crippen LogP contribution in [0.3, 0.4) is 0 Å². The van der Waals surface area contributed by atoms with E-state index in [4.69, 9.17) is 9.98 Å². The lowest BCUT2D eigenvalue weighted by Gasteiger charge is -2.23. The Morgan fingerprint density at radius 1 is 0.441 bits per heavy atom. The van der Waals surface area contributed by atoms with Crippen molar-refractivity contribution in [2.45, 2.75) is 6.17 Å². The van der Waals surface area contributed by atoms with E-state index in [1.165, 1.54) is 16.5 Å². The van der Waals surface area contributed by atoms with Crippen LogP contribution in [0, 0.1) is 0 Å². The van der Waals surface area contributed by atoms with Crippen LogP contribution >= 0.6 is 0 Å². The number of hydrogen-bond acceptors (Lipinski definition) is 3. The molecule has 0 spiro atoms. The van der Waals surface area contributed by atoms with E-state index in [9.17, 15) is 0 Å². The summed E-state index contributed by atoms with van der Waals surface area (Å²) in [5.74, 6) is 1.66. The van der Waals surface area contributed by atoms with Crippen molar-refractivity contribution in [1.29, 1.82) is 0 Å². The summed E-state index contributed by atoms with van der Waals surface area (Å²) < 4.78 is 0. The van der Waals surface area contributed by atoms with Crippen LogP contribution in [0.5, 0.6) is 0 Å². The number of fused-ring (bicyclic) bond motifs is 1. The fourth-order valence-electron chi connectivity index (χ4n) is 4.49. The molecule has 162 valence electrons. The van der Waals surface area contributed by atoms with Crippen molar-refractivity contribution >= 4 is 22.4 Å². The topological polar surface area (TPSA) is 36.8 Å². The summed E-state index contributed by atoms with van der Waals surface area (Å²) >= 11 is 0. The zero-order valence-corrected chi connectivity index (χ0v) is 18.6. The molecule has 5 aromatic carbocycles. The quantitative estimate of drug-likeness (QED) is 0.323. The maximum absolute atomic E-state index is 5.07. The van der Waals surface area contributed by atoms with Crippen molar-refractivity contribution in [2.24, 2.45) is 9.98 Å². The van der Waals surface area contributed by atoms with Gasteiger partial charge in [0.1, 0.15) is 11.7 Å². The van der Waals surface area contributed by atoms with Gasteiger partial charge in [-0.25, -0.2) is 9.98 Å². The van der Waals surface area contributed by atoms with Gasteiger partial charge < -0.3 is 5.32 Å². The number of rotatable bonds is 4. The first kappa shape index (κ1) is 20.1. The normalized spacial score (nSPS) is 15.4. The van der Waals surface area contributed by atoms with Gasteiger partial charge in [-0.2, -0.15) is 0 Å². The largest absolute Gasteiger partial charge is 0.324 e. The molecule has 3 heteroatoms. The zero-order valence-electron chi connectivity index (χ0n) is 18.6. The first-order chi connectivity index (χ1) is 16.9. The molecule has 1 aliphatic rings. The summed E-state index contributed by atoms with van der Waals surface area (Å²) in [5.41, 5.74) is 5.60. The maximum Gasteiger partial charge on any atom is 0.169 e. The summed E-state index contributed by atoms with van der Waals surface area (Å²) in [6.45, 7) is 0. The second-order valence-electron chi connectivity index (χ2n) is 8.30. The van der Waals surface area contributed by atoms with E-state index < -0.39 is 0 Å². The molecule has 1 N–H and O–H groups in total. The molecule has 0 saturated heterocycles. The molecule has 0 aromatic heterocycles. The second-order valence-corrected chi connectivity index (χ2v) is 8.30. The van der Waals surface area contributed by atoms with E-state index in [0.717, 1.165) is 33.7 Å². The van der Waals surface area contributed by atoms with Crippen molar-refractivity contribution in [1.82, 2.24) is 5.32 Å². The number of nitrogens with zero attached hydrogens (tertiary/aromatic N) is 2. The van der Waals surface area contributed by atoms with Gasteiger partial charge in [-0.3, -0.25) is 0 Å². The highest BCUT2D eigenvalue weighted by molar-refractivity contribution is 6.20. The predicted molar refractivity (Wildman–Crippen MR) is 141 cm³/mol. The Morgan fingerprint density at radius 3 is 1.65 bits per heavy atom. The van der Waals surface area contributed by atoms with Crippen molar-refractivity contribution in [3.05, 3.63) is 144 Å². The highest BCUT2D eigenvalue weighted by Crippen LogP contribution is 2.32. The minimum Gasteiger partial charge on any atom is -0.324 e. The number of nitrogens with one attached hydrogen (secondary N) is 1. The van der Waals surface area contributed by atoms with Crippen molar-refractivity contribution in [2.75, 3.05) is 0 Å². The van der Waals surface area contributed by atoms with Crippen LogP contribution in [-0.4, -0.2) is 11.7 Å². The minimum atomic E-state index is -0.305. The molecule has 0 bridgehead atoms. The van der Waals surface area contributed by atoms with Crippen LogP contribution in [0.2, 0.25) is 0 Å². The van der Waals surface area contributed by atoms with Gasteiger partial charge in [-0.1, -0.05) is 127 Å². The fourth-order valence-corrected chi connectivity index (χ4v) is 4.49. The van der Waals surface area contributed by atoms with E-state index >= 15 is 0 Å². The SMILES string of the molecule is c1ccc(C2=NC(c3ccccc3)N=C(c3cccc4c(-c5ccccc5)cccc34)N2)cc1. The first-order valence-electron chi connectivity index (χ1n) is 11.5. The van der Waals surface area contributed by atoms with Crippen LogP contribution in [0.25, 0.3) is 21.9 Å². The van der Waals surface area contributed by atoms with Gasteiger partial charge in [0.05, 0.1) is 0 Å². The molecule has 1 aliphatic heterocycles. The monoisotopic (exact) mass is 437 g/mol. The molecule has 6 rings (SSSR count). The third kappa shape index (κ3) is 3.78. The van der Waals surface area contributed by atoms with Crippen LogP contribution in [0.1, 0.15) is 22.9 Å². The summed E-state index contributed by atoms with van der Waals surface area (Å²) in [5, 5.41) is 5.90. The molecule has 0 radical (unpaired) electrons. The Labute approximate surface area is 199 Å². The third-order valence-corrected chi connectivity index (χ3v) is 6.15. The van der Waals surface area contributed by atoms with Gasteiger partial charge in [0, 0.05) is 11.1 Å². The Hall–Kier alpha value is -4.50. The van der Waals surface area contributed by atoms with Crippen molar-refractivity contribution in [3.8, 4) is 11.1 Å². The standard InChI is InChI=1S/C31H23N3/c1-4-12-22(13-5-1)25-18-10-20-27-26(25)19-11-21-28(27)31-33-29(23-14-6-2-7-15-23)32-30(34-31)24-16-8-3-9-17-24/h1-21,29H,(H,32,33,34). The smallest absolute Gasteiger partial charge is 0.169 e. The van der Waals surface area contributed by atoms with Gasteiger partial charge in [-0.15, -0.1) is 0 Å². The van der Waals surface area contributed by atoms with Crippen molar-refractivity contribution < 1.29 is 0 Å². The number of benzene rings is 5. The molecule has 1 unspecified atom stereocenters. The number of hydrogen-bond donors (Lipinski definition) is 1. The minimum absolute atomic E-state index is 0.305. The van der Waals surface area contributed by atoms with Crippen molar-refractivity contribution in [3.63, 3.8) is 0 Å². The second kappa shape index (κ2) is 8.80. The molecule has 3 nitrogen and oxygen atoms in total. The molecule has 0 saturated carbocycles. The summed E-state index contributed by atoms with van der Waals surface area (Å²) in [6, 6.07) is 43.9. The van der Waals surface area contributed by atoms with Crippen LogP contribution in [0.4, 0.5) is 0 Å². The Balaban J connectivity index is 1.51. The van der Waals surface area contributed by atoms with E-state index in [1.54, 1.807) is 0 Å². The molecule has 1 atom stereocenters. The van der Waals surface area contributed by atoms with Crippen LogP contribution in [0.15, 0.2) is 137 Å². The van der Waals surface area contributed by atoms with Crippen LogP contribution in [-0.2, 0) is 0 Å². The first-order valence-corrected chi connectivity index (χ1v) is 11.5. The average Bonchev–Trinajstić information content (AvgIpc) is 2.93. The van der Waals surface area contributed by atoms with Gasteiger partial charge in [0.2, 0.25) is 0 Å². The van der Waals surface area contributed by atoms with E-state index in [0.29, 0.717) is 0 Å². The van der Waals surface area contributed by atoms with Gasteiger partial charge in [0.15, 0.2) is 6.17 Å². The summed E-state index contributed by atoms with van der Waals surface area (Å²) in [6.07, 6.45) is -0.305. The predicted octanol–water partition coefficient (Wildman–Crippen LogP) is 7.00. The van der Waals surface area contributed by atoms with Gasteiger partial charge in [0.25, 0.3) is 0 Å². The number of amidine groups is 2. The molecular weight excluding hydrogens is 414 g/mol. The maximum atomic E-state index is 5.07. The Bertz CT molecular complexity index is 1500. The Kier molecular flexibility index (Phi) is 5.21. The lowest BCUT2D eigenvalue weighted by molar-refractivity contribution is 0.756. The van der Waals surface area contributed by atoms with Crippen LogP contribution < -0.4 is 5.32 Å². The van der Waals surface area contributed by atoms with E-state index in [-0.39, 0.29) is 6.17 Å². The zero-order chi connectivity index (χ0) is 22.7. The van der Waals surface area contributed by atoms with Gasteiger partial charge in [-0.05, 0) is 27.5 Å². The van der Waals surface area contributed by atoms with E-state index in [2.05, 4.69) is 96.3 Å². The summed E-state index contributed by atoms with van der Waals surface area (Å²) in [4.78, 5) is 10.0. The highest BCUT2D eigenvalue weighted by Gasteiger charge is 2.21. The van der Waals surface area contributed by atoms with Gasteiger partial charge >= 0.3 is 0 Å². The fraction of sp³-hybridized carbons (Fsp3) is 0.0323. The average molecular weight is 438 g/mol. The molecule has 0 fully saturated rings. The highest BCUT2D eigenvalue weighted by atomic mass is 15.2. The molecule has 34 heavy (non-hydrogen) atoms. The molecule has 1 heterocycles.